The van der Waals surface area contributed by atoms with Crippen LogP contribution in [0.4, 0.5) is 5.69 Å². The summed E-state index contributed by atoms with van der Waals surface area (Å²) in [4.78, 5) is 33.8. The minimum absolute atomic E-state index is 0.00368. The number of aromatic nitrogens is 1. The molecule has 0 aliphatic carbocycles. The molecule has 1 aromatic carbocycles. The van der Waals surface area contributed by atoms with Crippen LogP contribution >= 0.6 is 0 Å². The molecule has 26 heavy (non-hydrogen) atoms. The van der Waals surface area contributed by atoms with Crippen LogP contribution in [0.25, 0.3) is 0 Å². The highest BCUT2D eigenvalue weighted by Crippen LogP contribution is 2.32. The average molecular weight is 349 g/mol. The maximum absolute atomic E-state index is 13.1. The molecule has 0 radical (unpaired) electrons. The number of hydrogen-bond donors (Lipinski definition) is 0. The summed E-state index contributed by atoms with van der Waals surface area (Å²) in [7, 11) is 0. The number of nitrogens with zero attached hydrogens (tertiary/aromatic N) is 3. The van der Waals surface area contributed by atoms with Crippen LogP contribution in [0.5, 0.6) is 0 Å². The Labute approximate surface area is 153 Å². The van der Waals surface area contributed by atoms with Crippen molar-refractivity contribution in [3.8, 4) is 0 Å². The third kappa shape index (κ3) is 2.98. The van der Waals surface area contributed by atoms with Gasteiger partial charge in [0.2, 0.25) is 0 Å². The van der Waals surface area contributed by atoms with Crippen LogP contribution in [-0.4, -0.2) is 40.8 Å². The summed E-state index contributed by atoms with van der Waals surface area (Å²) in [6.45, 7) is 3.63. The lowest BCUT2D eigenvalue weighted by atomic mass is 10.1. The standard InChI is InChI=1S/C21H23N3O2/c1-15-13-16-7-3-4-8-19(16)24(15)21(26)18-14-17(9-10-22-18)20(25)23-11-5-2-6-12-23/h3-4,7-10,14-15H,2,5-6,11-13H2,1H3. The van der Waals surface area contributed by atoms with E-state index < -0.39 is 0 Å². The third-order valence-corrected chi connectivity index (χ3v) is 5.30. The largest absolute Gasteiger partial charge is 0.339 e. The van der Waals surface area contributed by atoms with Gasteiger partial charge in [0, 0.05) is 36.6 Å². The van der Waals surface area contributed by atoms with Crippen molar-refractivity contribution in [3.05, 3.63) is 59.4 Å². The summed E-state index contributed by atoms with van der Waals surface area (Å²) >= 11 is 0. The Kier molecular flexibility index (Phi) is 4.45. The minimum atomic E-state index is -0.143. The summed E-state index contributed by atoms with van der Waals surface area (Å²) in [5.74, 6) is -0.147. The van der Waals surface area contributed by atoms with E-state index in [1.807, 2.05) is 30.0 Å². The highest BCUT2D eigenvalue weighted by molar-refractivity contribution is 6.07. The average Bonchev–Trinajstić information content (AvgIpc) is 3.03. The zero-order valence-corrected chi connectivity index (χ0v) is 15.0. The Bertz CT molecular complexity index is 843. The number of benzene rings is 1. The van der Waals surface area contributed by atoms with Gasteiger partial charge in [-0.15, -0.1) is 0 Å². The number of carbonyl (C=O) groups excluding carboxylic acids is 2. The van der Waals surface area contributed by atoms with Gasteiger partial charge < -0.3 is 9.80 Å². The van der Waals surface area contributed by atoms with Gasteiger partial charge in [-0.25, -0.2) is 0 Å². The highest BCUT2D eigenvalue weighted by atomic mass is 16.2. The molecule has 0 bridgehead atoms. The van der Waals surface area contributed by atoms with Gasteiger partial charge in [0.05, 0.1) is 0 Å². The van der Waals surface area contributed by atoms with Crippen molar-refractivity contribution in [2.75, 3.05) is 18.0 Å². The van der Waals surface area contributed by atoms with Gasteiger partial charge in [-0.2, -0.15) is 0 Å². The maximum atomic E-state index is 13.1. The molecular formula is C21H23N3O2. The monoisotopic (exact) mass is 349 g/mol. The SMILES string of the molecule is CC1Cc2ccccc2N1C(=O)c1cc(C(=O)N2CCCCC2)ccn1. The van der Waals surface area contributed by atoms with Gasteiger partial charge in [0.15, 0.2) is 0 Å². The maximum Gasteiger partial charge on any atom is 0.277 e. The van der Waals surface area contributed by atoms with Gasteiger partial charge in [-0.1, -0.05) is 18.2 Å². The molecule has 0 saturated carbocycles. The zero-order chi connectivity index (χ0) is 18.1. The Balaban J connectivity index is 1.60. The summed E-state index contributed by atoms with van der Waals surface area (Å²) < 4.78 is 0. The van der Waals surface area contributed by atoms with E-state index in [0.717, 1.165) is 38.0 Å². The van der Waals surface area contributed by atoms with Gasteiger partial charge in [0.1, 0.15) is 5.69 Å². The number of para-hydroxylation sites is 1. The third-order valence-electron chi connectivity index (χ3n) is 5.30. The van der Waals surface area contributed by atoms with Crippen molar-refractivity contribution in [1.82, 2.24) is 9.88 Å². The molecule has 1 unspecified atom stereocenters. The molecule has 134 valence electrons. The molecule has 4 rings (SSSR count). The van der Waals surface area contributed by atoms with E-state index >= 15 is 0 Å². The molecule has 0 N–H and O–H groups in total. The number of piperidine rings is 1. The van der Waals surface area contributed by atoms with Crippen molar-refractivity contribution >= 4 is 17.5 Å². The molecule has 1 saturated heterocycles. The molecule has 1 aromatic heterocycles. The van der Waals surface area contributed by atoms with E-state index in [1.54, 1.807) is 23.2 Å². The predicted octanol–water partition coefficient (Wildman–Crippen LogP) is 3.30. The van der Waals surface area contributed by atoms with Gasteiger partial charge in [-0.3, -0.25) is 14.6 Å². The van der Waals surface area contributed by atoms with Crippen molar-refractivity contribution < 1.29 is 9.59 Å². The first-order valence-corrected chi connectivity index (χ1v) is 9.32. The molecule has 2 aromatic rings. The number of hydrogen-bond acceptors (Lipinski definition) is 3. The molecular weight excluding hydrogens is 326 g/mol. The second-order valence-corrected chi connectivity index (χ2v) is 7.14. The number of likely N-dealkylation sites (tertiary alicyclic amines) is 1. The summed E-state index contributed by atoms with van der Waals surface area (Å²) in [5.41, 5.74) is 3.00. The molecule has 1 atom stereocenters. The van der Waals surface area contributed by atoms with Gasteiger partial charge in [0.25, 0.3) is 11.8 Å². The van der Waals surface area contributed by atoms with Crippen molar-refractivity contribution in [2.45, 2.75) is 38.6 Å². The molecule has 3 heterocycles. The van der Waals surface area contributed by atoms with E-state index in [2.05, 4.69) is 11.1 Å². The van der Waals surface area contributed by atoms with E-state index in [4.69, 9.17) is 0 Å². The first kappa shape index (κ1) is 16.8. The van der Waals surface area contributed by atoms with E-state index in [1.165, 1.54) is 12.0 Å². The van der Waals surface area contributed by atoms with Crippen LogP contribution in [0.15, 0.2) is 42.6 Å². The molecule has 1 fully saturated rings. The fourth-order valence-electron chi connectivity index (χ4n) is 3.96. The van der Waals surface area contributed by atoms with E-state index in [0.29, 0.717) is 11.3 Å². The van der Waals surface area contributed by atoms with Crippen LogP contribution in [0.2, 0.25) is 0 Å². The molecule has 2 amide bonds. The van der Waals surface area contributed by atoms with E-state index in [9.17, 15) is 9.59 Å². The zero-order valence-electron chi connectivity index (χ0n) is 15.0. The highest BCUT2D eigenvalue weighted by Gasteiger charge is 2.32. The van der Waals surface area contributed by atoms with Crippen molar-refractivity contribution in [1.29, 1.82) is 0 Å². The van der Waals surface area contributed by atoms with Crippen LogP contribution in [0, 0.1) is 0 Å². The Morgan fingerprint density at radius 2 is 1.81 bits per heavy atom. The molecule has 0 spiro atoms. The van der Waals surface area contributed by atoms with Crippen molar-refractivity contribution in [2.24, 2.45) is 0 Å². The lowest BCUT2D eigenvalue weighted by Crippen LogP contribution is -2.37. The Morgan fingerprint density at radius 1 is 1.04 bits per heavy atom. The van der Waals surface area contributed by atoms with Crippen LogP contribution in [0.1, 0.15) is 52.6 Å². The van der Waals surface area contributed by atoms with Gasteiger partial charge in [-0.05, 0) is 56.4 Å². The minimum Gasteiger partial charge on any atom is -0.339 e. The molecule has 2 aliphatic rings. The topological polar surface area (TPSA) is 53.5 Å². The quantitative estimate of drug-likeness (QED) is 0.836. The van der Waals surface area contributed by atoms with Crippen molar-refractivity contribution in [3.63, 3.8) is 0 Å². The second kappa shape index (κ2) is 6.90. The number of pyridine rings is 1. The Morgan fingerprint density at radius 3 is 2.62 bits per heavy atom. The normalized spacial score (nSPS) is 19.3. The number of fused-ring (bicyclic) bond motifs is 1. The summed E-state index contributed by atoms with van der Waals surface area (Å²) in [6, 6.07) is 11.4. The Hall–Kier alpha value is -2.69. The van der Waals surface area contributed by atoms with Crippen LogP contribution in [-0.2, 0) is 6.42 Å². The lowest BCUT2D eigenvalue weighted by Gasteiger charge is -2.27. The number of rotatable bonds is 2. The molecule has 5 nitrogen and oxygen atoms in total. The first-order chi connectivity index (χ1) is 12.6. The smallest absolute Gasteiger partial charge is 0.277 e. The van der Waals surface area contributed by atoms with Gasteiger partial charge >= 0.3 is 0 Å². The predicted molar refractivity (Wildman–Crippen MR) is 100 cm³/mol. The fourth-order valence-corrected chi connectivity index (χ4v) is 3.96. The second-order valence-electron chi connectivity index (χ2n) is 7.14. The fraction of sp³-hybridized carbons (Fsp3) is 0.381. The number of anilines is 1. The lowest BCUT2D eigenvalue weighted by molar-refractivity contribution is 0.0724. The molecule has 2 aliphatic heterocycles. The summed E-state index contributed by atoms with van der Waals surface area (Å²) in [5, 5.41) is 0. The molecule has 5 heteroatoms. The number of amides is 2. The van der Waals surface area contributed by atoms with Crippen LogP contribution < -0.4 is 4.90 Å². The van der Waals surface area contributed by atoms with Crippen LogP contribution in [0.3, 0.4) is 0 Å². The number of carbonyl (C=O) groups is 2. The van der Waals surface area contributed by atoms with E-state index in [-0.39, 0.29) is 17.9 Å². The first-order valence-electron chi connectivity index (χ1n) is 9.32. The summed E-state index contributed by atoms with van der Waals surface area (Å²) in [6.07, 6.45) is 5.68.